The van der Waals surface area contributed by atoms with Gasteiger partial charge >= 0.3 is 0 Å². The highest BCUT2D eigenvalue weighted by Crippen LogP contribution is 2.32. The maximum Gasteiger partial charge on any atom is 0.161 e. The molecule has 0 spiro atoms. The minimum Gasteiger partial charge on any atom is -0.486 e. The SMILES string of the molecule is OC(CNCCc1cccs1)c1ccc2c(c1)OCCO2. The van der Waals surface area contributed by atoms with E-state index in [-0.39, 0.29) is 0 Å². The lowest BCUT2D eigenvalue weighted by atomic mass is 10.1. The molecule has 0 fully saturated rings. The molecule has 0 saturated carbocycles. The van der Waals surface area contributed by atoms with Crippen LogP contribution in [0.4, 0.5) is 0 Å². The van der Waals surface area contributed by atoms with Gasteiger partial charge in [0.2, 0.25) is 0 Å². The Morgan fingerprint density at radius 3 is 2.86 bits per heavy atom. The van der Waals surface area contributed by atoms with Crippen molar-refractivity contribution in [2.75, 3.05) is 26.3 Å². The Morgan fingerprint density at radius 2 is 2.05 bits per heavy atom. The van der Waals surface area contributed by atoms with Gasteiger partial charge in [-0.25, -0.2) is 0 Å². The molecule has 1 atom stereocenters. The fourth-order valence-corrected chi connectivity index (χ4v) is 3.00. The van der Waals surface area contributed by atoms with E-state index in [1.165, 1.54) is 4.88 Å². The van der Waals surface area contributed by atoms with Crippen molar-refractivity contribution >= 4 is 11.3 Å². The number of aliphatic hydroxyl groups is 1. The van der Waals surface area contributed by atoms with Gasteiger partial charge in [0, 0.05) is 18.0 Å². The van der Waals surface area contributed by atoms with Crippen molar-refractivity contribution in [2.24, 2.45) is 0 Å². The number of aliphatic hydroxyl groups excluding tert-OH is 1. The molecule has 0 saturated heterocycles. The summed E-state index contributed by atoms with van der Waals surface area (Å²) in [4.78, 5) is 1.36. The molecule has 5 heteroatoms. The van der Waals surface area contributed by atoms with Crippen LogP contribution in [-0.4, -0.2) is 31.4 Å². The highest BCUT2D eigenvalue weighted by Gasteiger charge is 2.15. The number of nitrogens with one attached hydrogen (secondary N) is 1. The molecule has 2 aromatic rings. The molecule has 0 bridgehead atoms. The first-order valence-electron chi connectivity index (χ1n) is 7.13. The van der Waals surface area contributed by atoms with E-state index in [2.05, 4.69) is 22.8 Å². The van der Waals surface area contributed by atoms with Crippen LogP contribution in [0.5, 0.6) is 11.5 Å². The number of hydrogen-bond acceptors (Lipinski definition) is 5. The van der Waals surface area contributed by atoms with Gasteiger partial charge in [0.1, 0.15) is 13.2 Å². The minimum atomic E-state index is -0.538. The fourth-order valence-electron chi connectivity index (χ4n) is 2.29. The third-order valence-electron chi connectivity index (χ3n) is 3.42. The summed E-state index contributed by atoms with van der Waals surface area (Å²) in [5, 5.41) is 15.6. The lowest BCUT2D eigenvalue weighted by Gasteiger charge is -2.20. The van der Waals surface area contributed by atoms with E-state index in [0.717, 1.165) is 30.0 Å². The summed E-state index contributed by atoms with van der Waals surface area (Å²) < 4.78 is 11.0. The second-order valence-electron chi connectivity index (χ2n) is 4.95. The molecular formula is C16H19NO3S. The first-order chi connectivity index (χ1) is 10.3. The standard InChI is InChI=1S/C16H19NO3S/c18-14(11-17-6-5-13-2-1-9-21-13)12-3-4-15-16(10-12)20-8-7-19-15/h1-4,9-10,14,17-18H,5-8,11H2. The zero-order valence-electron chi connectivity index (χ0n) is 11.7. The van der Waals surface area contributed by atoms with Crippen LogP contribution in [0.15, 0.2) is 35.7 Å². The smallest absolute Gasteiger partial charge is 0.161 e. The molecule has 3 rings (SSSR count). The summed E-state index contributed by atoms with van der Waals surface area (Å²) in [6.07, 6.45) is 0.454. The molecule has 1 aromatic carbocycles. The predicted octanol–water partition coefficient (Wildman–Crippen LogP) is 2.39. The Labute approximate surface area is 128 Å². The van der Waals surface area contributed by atoms with Crippen LogP contribution in [0.1, 0.15) is 16.5 Å². The molecule has 0 amide bonds. The number of hydrogen-bond donors (Lipinski definition) is 2. The van der Waals surface area contributed by atoms with Crippen molar-refractivity contribution in [2.45, 2.75) is 12.5 Å². The minimum absolute atomic E-state index is 0.533. The molecule has 21 heavy (non-hydrogen) atoms. The van der Waals surface area contributed by atoms with Crippen LogP contribution in [0.25, 0.3) is 0 Å². The summed E-state index contributed by atoms with van der Waals surface area (Å²) in [5.41, 5.74) is 0.850. The Balaban J connectivity index is 1.49. The van der Waals surface area contributed by atoms with Crippen molar-refractivity contribution in [3.63, 3.8) is 0 Å². The van der Waals surface area contributed by atoms with Crippen LogP contribution in [0, 0.1) is 0 Å². The molecule has 1 aliphatic rings. The summed E-state index contributed by atoms with van der Waals surface area (Å²) in [6, 6.07) is 9.80. The average Bonchev–Trinajstić information content (AvgIpc) is 3.04. The zero-order chi connectivity index (χ0) is 14.5. The van der Waals surface area contributed by atoms with Crippen LogP contribution in [0.3, 0.4) is 0 Å². The molecule has 0 radical (unpaired) electrons. The molecule has 112 valence electrons. The van der Waals surface area contributed by atoms with Gasteiger partial charge in [-0.2, -0.15) is 0 Å². The number of benzene rings is 1. The lowest BCUT2D eigenvalue weighted by Crippen LogP contribution is -2.24. The largest absolute Gasteiger partial charge is 0.486 e. The van der Waals surface area contributed by atoms with E-state index in [1.54, 1.807) is 11.3 Å². The van der Waals surface area contributed by atoms with Gasteiger partial charge < -0.3 is 19.9 Å². The Kier molecular flexibility index (Phi) is 4.75. The van der Waals surface area contributed by atoms with Crippen molar-refractivity contribution < 1.29 is 14.6 Å². The molecule has 0 aliphatic carbocycles. The lowest BCUT2D eigenvalue weighted by molar-refractivity contribution is 0.163. The summed E-state index contributed by atoms with van der Waals surface area (Å²) in [7, 11) is 0. The van der Waals surface area contributed by atoms with Crippen molar-refractivity contribution in [1.29, 1.82) is 0 Å². The van der Waals surface area contributed by atoms with E-state index < -0.39 is 6.10 Å². The van der Waals surface area contributed by atoms with Gasteiger partial charge in [-0.15, -0.1) is 11.3 Å². The highest BCUT2D eigenvalue weighted by molar-refractivity contribution is 7.09. The van der Waals surface area contributed by atoms with Gasteiger partial charge in [0.15, 0.2) is 11.5 Å². The quantitative estimate of drug-likeness (QED) is 0.805. The third-order valence-corrected chi connectivity index (χ3v) is 4.35. The predicted molar refractivity (Wildman–Crippen MR) is 83.3 cm³/mol. The van der Waals surface area contributed by atoms with Gasteiger partial charge in [0.25, 0.3) is 0 Å². The summed E-state index contributed by atoms with van der Waals surface area (Å²) in [6.45, 7) is 2.54. The number of fused-ring (bicyclic) bond motifs is 1. The van der Waals surface area contributed by atoms with Crippen LogP contribution in [-0.2, 0) is 6.42 Å². The van der Waals surface area contributed by atoms with Crippen molar-refractivity contribution in [1.82, 2.24) is 5.32 Å². The fraction of sp³-hybridized carbons (Fsp3) is 0.375. The van der Waals surface area contributed by atoms with E-state index in [4.69, 9.17) is 9.47 Å². The molecule has 4 nitrogen and oxygen atoms in total. The topological polar surface area (TPSA) is 50.7 Å². The van der Waals surface area contributed by atoms with Crippen molar-refractivity contribution in [3.05, 3.63) is 46.2 Å². The normalized spacial score (nSPS) is 14.9. The second-order valence-corrected chi connectivity index (χ2v) is 5.98. The average molecular weight is 305 g/mol. The van der Waals surface area contributed by atoms with Gasteiger partial charge in [-0.05, 0) is 35.6 Å². The Morgan fingerprint density at radius 1 is 1.19 bits per heavy atom. The van der Waals surface area contributed by atoms with Gasteiger partial charge in [-0.1, -0.05) is 12.1 Å². The molecule has 1 aromatic heterocycles. The Hall–Kier alpha value is -1.56. The van der Waals surface area contributed by atoms with E-state index in [1.807, 2.05) is 18.2 Å². The van der Waals surface area contributed by atoms with Crippen molar-refractivity contribution in [3.8, 4) is 11.5 Å². The second kappa shape index (κ2) is 6.93. The first kappa shape index (κ1) is 14.4. The van der Waals surface area contributed by atoms with Crippen LogP contribution >= 0.6 is 11.3 Å². The number of rotatable bonds is 6. The summed E-state index contributed by atoms with van der Waals surface area (Å²) in [5.74, 6) is 1.47. The molecule has 1 unspecified atom stereocenters. The van der Waals surface area contributed by atoms with Gasteiger partial charge in [0.05, 0.1) is 6.10 Å². The van der Waals surface area contributed by atoms with Gasteiger partial charge in [-0.3, -0.25) is 0 Å². The maximum atomic E-state index is 10.2. The van der Waals surface area contributed by atoms with Crippen LogP contribution in [0.2, 0.25) is 0 Å². The van der Waals surface area contributed by atoms with E-state index in [0.29, 0.717) is 19.8 Å². The van der Waals surface area contributed by atoms with E-state index >= 15 is 0 Å². The molecule has 2 N–H and O–H groups in total. The monoisotopic (exact) mass is 305 g/mol. The first-order valence-corrected chi connectivity index (χ1v) is 8.01. The number of thiophene rings is 1. The maximum absolute atomic E-state index is 10.2. The number of ether oxygens (including phenoxy) is 2. The summed E-state index contributed by atoms with van der Waals surface area (Å²) >= 11 is 1.76. The molecule has 1 aliphatic heterocycles. The molecular weight excluding hydrogens is 286 g/mol. The zero-order valence-corrected chi connectivity index (χ0v) is 12.6. The Bertz CT molecular complexity index is 571. The van der Waals surface area contributed by atoms with E-state index in [9.17, 15) is 5.11 Å². The third kappa shape index (κ3) is 3.75. The molecule has 2 heterocycles. The highest BCUT2D eigenvalue weighted by atomic mass is 32.1. The van der Waals surface area contributed by atoms with Crippen LogP contribution < -0.4 is 14.8 Å².